The third-order valence-electron chi connectivity index (χ3n) is 7.02. The summed E-state index contributed by atoms with van der Waals surface area (Å²) in [4.78, 5) is 22.7. The van der Waals surface area contributed by atoms with Gasteiger partial charge >= 0.3 is 5.97 Å². The van der Waals surface area contributed by atoms with Crippen molar-refractivity contribution in [2.75, 3.05) is 26.7 Å². The zero-order chi connectivity index (χ0) is 33.1. The van der Waals surface area contributed by atoms with E-state index in [2.05, 4.69) is 9.98 Å². The molecule has 0 radical (unpaired) electrons. The van der Waals surface area contributed by atoms with Crippen LogP contribution in [0.1, 0.15) is 39.5 Å². The number of rotatable bonds is 10. The van der Waals surface area contributed by atoms with Crippen molar-refractivity contribution in [2.24, 2.45) is 10.7 Å². The van der Waals surface area contributed by atoms with Crippen molar-refractivity contribution in [3.05, 3.63) is 94.0 Å². The molecule has 0 unspecified atom stereocenters. The first-order valence-electron chi connectivity index (χ1n) is 14.2. The highest BCUT2D eigenvalue weighted by Crippen LogP contribution is 2.42. The van der Waals surface area contributed by atoms with E-state index in [0.717, 1.165) is 17.9 Å². The topological polar surface area (TPSA) is 154 Å². The first kappa shape index (κ1) is 31.7. The van der Waals surface area contributed by atoms with E-state index in [0.29, 0.717) is 17.7 Å². The van der Waals surface area contributed by atoms with Crippen LogP contribution in [-0.2, 0) is 4.74 Å². The van der Waals surface area contributed by atoms with Gasteiger partial charge in [-0.3, -0.25) is 16.1 Å². The summed E-state index contributed by atoms with van der Waals surface area (Å²) in [6, 6.07) is 13.6. The van der Waals surface area contributed by atoms with Gasteiger partial charge in [0.2, 0.25) is 17.4 Å². The van der Waals surface area contributed by atoms with Gasteiger partial charge in [0.05, 0.1) is 24.3 Å². The summed E-state index contributed by atoms with van der Waals surface area (Å²) in [5.74, 6) is -5.26. The number of ether oxygens (including phenoxy) is 4. The van der Waals surface area contributed by atoms with Crippen LogP contribution in [0.15, 0.2) is 59.6 Å². The summed E-state index contributed by atoms with van der Waals surface area (Å²) in [5, 5.41) is 16.1. The molecule has 5 N–H and O–H groups in total. The zero-order valence-corrected chi connectivity index (χ0v) is 25.6. The minimum absolute atomic E-state index is 0.0774. The molecule has 1 aliphatic rings. The predicted molar refractivity (Wildman–Crippen MR) is 165 cm³/mol. The number of esters is 1. The van der Waals surface area contributed by atoms with Gasteiger partial charge in [-0.25, -0.2) is 4.79 Å². The molecular formula is C33H32F2N5O6+. The molecule has 4 aromatic rings. The van der Waals surface area contributed by atoms with E-state index >= 15 is 8.78 Å². The maximum Gasteiger partial charge on any atom is 0.338 e. The van der Waals surface area contributed by atoms with E-state index in [1.807, 2.05) is 18.0 Å². The van der Waals surface area contributed by atoms with E-state index in [4.69, 9.17) is 30.1 Å². The van der Waals surface area contributed by atoms with Gasteiger partial charge in [-0.1, -0.05) is 12.1 Å². The largest absolute Gasteiger partial charge is 0.504 e. The number of likely N-dealkylation sites (N-methyl/N-ethyl adjacent to an activating group) is 1. The zero-order valence-electron chi connectivity index (χ0n) is 25.6. The Morgan fingerprint density at radius 1 is 0.978 bits per heavy atom. The minimum atomic E-state index is -1.33. The van der Waals surface area contributed by atoms with Crippen LogP contribution in [0.3, 0.4) is 0 Å². The number of pyridine rings is 1. The summed E-state index contributed by atoms with van der Waals surface area (Å²) < 4.78 is 54.5. The standard InChI is InChI=1S/C33H31F2N5O6/c1-5-43-33(42)21-13-17(2)27(18(3)14-21)46-28-25(34)31(44-22-8-6-7-20(15-22)30-38-11-12-40(30)4)39-32(26(28)35)45-24-16-19(29(36)37)9-10-23(24)41/h6-10,13-16,41H,5,11-12H2,1-4H3,(H3,36,37)/p+1. The number of carbonyl (C=O) groups is 1. The number of nitrogens with zero attached hydrogens (tertiary/aromatic N) is 3. The molecule has 0 spiro atoms. The van der Waals surface area contributed by atoms with Crippen molar-refractivity contribution in [3.8, 4) is 40.5 Å². The monoisotopic (exact) mass is 632 g/mol. The lowest BCUT2D eigenvalue weighted by Crippen LogP contribution is -2.46. The van der Waals surface area contributed by atoms with Crippen molar-refractivity contribution in [2.45, 2.75) is 20.8 Å². The molecular weight excluding hydrogens is 600 g/mol. The second-order valence-corrected chi connectivity index (χ2v) is 10.4. The molecule has 0 saturated carbocycles. The summed E-state index contributed by atoms with van der Waals surface area (Å²) in [7, 11) is 1.90. The molecule has 2 heterocycles. The van der Waals surface area contributed by atoms with Crippen LogP contribution in [0.2, 0.25) is 0 Å². The average Bonchev–Trinajstić information content (AvgIpc) is 3.45. The lowest BCUT2D eigenvalue weighted by Gasteiger charge is -2.18. The number of hydrogen-bond acceptors (Lipinski definition) is 9. The molecule has 5 rings (SSSR count). The van der Waals surface area contributed by atoms with E-state index < -0.39 is 40.9 Å². The fourth-order valence-electron chi connectivity index (χ4n) is 4.79. The van der Waals surface area contributed by atoms with E-state index in [-0.39, 0.29) is 40.8 Å². The molecule has 0 atom stereocenters. The molecule has 1 aromatic heterocycles. The van der Waals surface area contributed by atoms with E-state index in [9.17, 15) is 9.90 Å². The number of halogens is 2. The SMILES string of the molecule is CCOC(=O)c1cc(C)c(Oc2c(F)c(Oc3cccc(C4=NCCN4C)c3)nc(Oc3cc(C(N)=[NH2+])ccc3O)c2F)c(C)c1. The maximum absolute atomic E-state index is 16.1. The highest BCUT2D eigenvalue weighted by molar-refractivity contribution is 6.00. The molecule has 1 aliphatic heterocycles. The van der Waals surface area contributed by atoms with Gasteiger partial charge in [0, 0.05) is 25.2 Å². The molecule has 0 aliphatic carbocycles. The Balaban J connectivity index is 1.60. The maximum atomic E-state index is 16.1. The first-order valence-corrected chi connectivity index (χ1v) is 14.2. The lowest BCUT2D eigenvalue weighted by atomic mass is 10.1. The Morgan fingerprint density at radius 2 is 1.67 bits per heavy atom. The van der Waals surface area contributed by atoms with E-state index in [1.165, 1.54) is 30.3 Å². The second-order valence-electron chi connectivity index (χ2n) is 10.4. The number of hydrogen-bond donors (Lipinski definition) is 3. The van der Waals surface area contributed by atoms with Gasteiger partial charge < -0.3 is 29.0 Å². The molecule has 13 heteroatoms. The number of phenolic OH excluding ortho intramolecular Hbond substituents is 1. The van der Waals surface area contributed by atoms with Crippen molar-refractivity contribution in [1.82, 2.24) is 9.88 Å². The van der Waals surface area contributed by atoms with Gasteiger partial charge in [-0.15, -0.1) is 0 Å². The highest BCUT2D eigenvalue weighted by Gasteiger charge is 2.28. The fraction of sp³-hybridized carbons (Fsp3) is 0.212. The first-order chi connectivity index (χ1) is 22.0. The van der Waals surface area contributed by atoms with Crippen LogP contribution >= 0.6 is 0 Å². The Kier molecular flexibility index (Phi) is 9.03. The molecule has 11 nitrogen and oxygen atoms in total. The summed E-state index contributed by atoms with van der Waals surface area (Å²) >= 11 is 0. The van der Waals surface area contributed by atoms with Crippen LogP contribution in [0.25, 0.3) is 0 Å². The minimum Gasteiger partial charge on any atom is -0.504 e. The van der Waals surface area contributed by atoms with Gasteiger partial charge in [0.25, 0.3) is 17.6 Å². The Morgan fingerprint density at radius 3 is 2.30 bits per heavy atom. The van der Waals surface area contributed by atoms with Crippen molar-refractivity contribution in [3.63, 3.8) is 0 Å². The Labute approximate surface area is 263 Å². The van der Waals surface area contributed by atoms with Crippen molar-refractivity contribution in [1.29, 1.82) is 0 Å². The molecule has 0 saturated heterocycles. The number of nitrogens with two attached hydrogens (primary N) is 2. The smallest absolute Gasteiger partial charge is 0.338 e. The molecule has 3 aromatic carbocycles. The van der Waals surface area contributed by atoms with Crippen LogP contribution < -0.4 is 25.4 Å². The number of aliphatic imine (C=N–C) groups is 1. The number of aromatic hydroxyl groups is 1. The third-order valence-corrected chi connectivity index (χ3v) is 7.02. The van der Waals surface area contributed by atoms with Gasteiger partial charge in [0.15, 0.2) is 11.5 Å². The third kappa shape index (κ3) is 6.53. The quantitative estimate of drug-likeness (QED) is 0.131. The molecule has 0 amide bonds. The van der Waals surface area contributed by atoms with E-state index in [1.54, 1.807) is 39.0 Å². The number of aryl methyl sites for hydroxylation is 2. The van der Waals surface area contributed by atoms with Crippen molar-refractivity contribution >= 4 is 17.6 Å². The molecule has 0 bridgehead atoms. The van der Waals surface area contributed by atoms with Crippen molar-refractivity contribution < 1.29 is 43.0 Å². The number of carbonyl (C=O) groups excluding carboxylic acids is 1. The van der Waals surface area contributed by atoms with Crippen LogP contribution in [0.5, 0.6) is 40.5 Å². The number of amidine groups is 2. The van der Waals surface area contributed by atoms with Crippen LogP contribution in [-0.4, -0.2) is 59.4 Å². The van der Waals surface area contributed by atoms with Crippen LogP contribution in [0.4, 0.5) is 8.78 Å². The number of aromatic nitrogens is 1. The molecule has 46 heavy (non-hydrogen) atoms. The second kappa shape index (κ2) is 13.1. The van der Waals surface area contributed by atoms with Gasteiger partial charge in [-0.05, 0) is 68.3 Å². The summed E-state index contributed by atoms with van der Waals surface area (Å²) in [6.45, 7) is 6.46. The highest BCUT2D eigenvalue weighted by atomic mass is 19.1. The lowest BCUT2D eigenvalue weighted by molar-refractivity contribution is -0.114. The molecule has 0 fully saturated rings. The number of benzene rings is 3. The van der Waals surface area contributed by atoms with Gasteiger partial charge in [-0.2, -0.15) is 13.8 Å². The Bertz CT molecular complexity index is 1860. The van der Waals surface area contributed by atoms with Gasteiger partial charge in [0.1, 0.15) is 17.3 Å². The predicted octanol–water partition coefficient (Wildman–Crippen LogP) is 4.39. The number of phenols is 1. The fourth-order valence-corrected chi connectivity index (χ4v) is 4.79. The summed E-state index contributed by atoms with van der Waals surface area (Å²) in [5.41, 5.74) is 7.73. The normalized spacial score (nSPS) is 12.5. The van der Waals surface area contributed by atoms with Crippen LogP contribution in [0, 0.1) is 25.5 Å². The average molecular weight is 633 g/mol. The molecule has 238 valence electrons. The Hall–Kier alpha value is -5.72. The summed E-state index contributed by atoms with van der Waals surface area (Å²) in [6.07, 6.45) is 0.